The summed E-state index contributed by atoms with van der Waals surface area (Å²) >= 11 is 0. The van der Waals surface area contributed by atoms with Crippen molar-refractivity contribution in [2.75, 3.05) is 24.5 Å². The summed E-state index contributed by atoms with van der Waals surface area (Å²) in [5, 5.41) is 3.42. The third kappa shape index (κ3) is 3.56. The normalized spacial score (nSPS) is 18.5. The lowest BCUT2D eigenvalue weighted by atomic mass is 10.2. The topological polar surface area (TPSA) is 24.5 Å². The molecule has 21 heavy (non-hydrogen) atoms. The van der Waals surface area contributed by atoms with Gasteiger partial charge in [-0.3, -0.25) is 0 Å². The van der Waals surface area contributed by atoms with E-state index in [9.17, 15) is 0 Å². The van der Waals surface area contributed by atoms with Crippen molar-refractivity contribution in [2.45, 2.75) is 19.6 Å². The van der Waals surface area contributed by atoms with E-state index in [2.05, 4.69) is 53.5 Å². The van der Waals surface area contributed by atoms with Crippen molar-refractivity contribution in [1.82, 2.24) is 5.32 Å². The quantitative estimate of drug-likeness (QED) is 0.932. The molecule has 0 aliphatic carbocycles. The fraction of sp³-hybridized carbons (Fsp3) is 0.333. The number of hydrogen-bond acceptors (Lipinski definition) is 3. The van der Waals surface area contributed by atoms with Gasteiger partial charge in [-0.15, -0.1) is 0 Å². The van der Waals surface area contributed by atoms with E-state index in [1.54, 1.807) is 0 Å². The van der Waals surface area contributed by atoms with Gasteiger partial charge in [0.25, 0.3) is 0 Å². The lowest BCUT2D eigenvalue weighted by Gasteiger charge is -2.35. The number of benzene rings is 2. The summed E-state index contributed by atoms with van der Waals surface area (Å²) in [6, 6.07) is 19.2. The van der Waals surface area contributed by atoms with Crippen LogP contribution in [0.15, 0.2) is 54.6 Å². The molecule has 2 aromatic rings. The smallest absolute Gasteiger partial charge is 0.119 e. The molecule has 3 heteroatoms. The van der Waals surface area contributed by atoms with E-state index in [-0.39, 0.29) is 0 Å². The zero-order valence-corrected chi connectivity index (χ0v) is 12.5. The largest absolute Gasteiger partial charge is 0.489 e. The lowest BCUT2D eigenvalue weighted by molar-refractivity contribution is 0.306. The molecule has 3 nitrogen and oxygen atoms in total. The van der Waals surface area contributed by atoms with Gasteiger partial charge in [0.05, 0.1) is 0 Å². The number of hydrogen-bond donors (Lipinski definition) is 1. The van der Waals surface area contributed by atoms with Gasteiger partial charge in [-0.05, 0) is 36.8 Å². The maximum absolute atomic E-state index is 5.83. The van der Waals surface area contributed by atoms with Crippen molar-refractivity contribution in [2.24, 2.45) is 0 Å². The first-order valence-electron chi connectivity index (χ1n) is 7.57. The zero-order chi connectivity index (χ0) is 14.5. The summed E-state index contributed by atoms with van der Waals surface area (Å²) in [6.07, 6.45) is 0. The monoisotopic (exact) mass is 282 g/mol. The molecule has 0 radical (unpaired) electrons. The van der Waals surface area contributed by atoms with E-state index in [0.29, 0.717) is 12.6 Å². The highest BCUT2D eigenvalue weighted by atomic mass is 16.5. The van der Waals surface area contributed by atoms with Gasteiger partial charge in [0.15, 0.2) is 0 Å². The van der Waals surface area contributed by atoms with Crippen LogP contribution in [0.2, 0.25) is 0 Å². The van der Waals surface area contributed by atoms with E-state index < -0.39 is 0 Å². The Morgan fingerprint density at radius 3 is 2.57 bits per heavy atom. The number of piperazine rings is 1. The van der Waals surface area contributed by atoms with Gasteiger partial charge >= 0.3 is 0 Å². The van der Waals surface area contributed by atoms with Crippen LogP contribution in [0.3, 0.4) is 0 Å². The molecule has 0 saturated carbocycles. The fourth-order valence-corrected chi connectivity index (χ4v) is 2.70. The molecule has 0 spiro atoms. The molecule has 0 bridgehead atoms. The first-order valence-corrected chi connectivity index (χ1v) is 7.57. The second-order valence-corrected chi connectivity index (χ2v) is 5.51. The highest BCUT2D eigenvalue weighted by molar-refractivity contribution is 5.50. The minimum absolute atomic E-state index is 0.537. The van der Waals surface area contributed by atoms with Gasteiger partial charge in [0.2, 0.25) is 0 Å². The van der Waals surface area contributed by atoms with Crippen molar-refractivity contribution >= 4 is 5.69 Å². The van der Waals surface area contributed by atoms with Crippen molar-refractivity contribution in [3.8, 4) is 5.75 Å². The average Bonchev–Trinajstić information content (AvgIpc) is 2.55. The molecule has 1 heterocycles. The Morgan fingerprint density at radius 2 is 1.86 bits per heavy atom. The molecule has 2 aromatic carbocycles. The maximum Gasteiger partial charge on any atom is 0.119 e. The van der Waals surface area contributed by atoms with Crippen LogP contribution in [-0.4, -0.2) is 25.7 Å². The zero-order valence-electron chi connectivity index (χ0n) is 12.5. The van der Waals surface area contributed by atoms with Gasteiger partial charge in [-0.2, -0.15) is 0 Å². The first kappa shape index (κ1) is 14.0. The Labute approximate surface area is 126 Å². The Morgan fingerprint density at radius 1 is 1.10 bits per heavy atom. The van der Waals surface area contributed by atoms with Crippen LogP contribution < -0.4 is 15.0 Å². The second-order valence-electron chi connectivity index (χ2n) is 5.51. The summed E-state index contributed by atoms with van der Waals surface area (Å²) in [5.74, 6) is 0.922. The van der Waals surface area contributed by atoms with Gasteiger partial charge in [0.1, 0.15) is 12.4 Å². The van der Waals surface area contributed by atoms with E-state index in [1.165, 1.54) is 11.3 Å². The summed E-state index contributed by atoms with van der Waals surface area (Å²) in [6.45, 7) is 6.03. The molecular weight excluding hydrogens is 260 g/mol. The molecule has 1 aliphatic heterocycles. The van der Waals surface area contributed by atoms with Crippen molar-refractivity contribution in [3.05, 3.63) is 60.2 Å². The molecule has 0 aromatic heterocycles. The van der Waals surface area contributed by atoms with E-state index >= 15 is 0 Å². The maximum atomic E-state index is 5.83. The Kier molecular flexibility index (Phi) is 4.41. The van der Waals surface area contributed by atoms with Crippen molar-refractivity contribution < 1.29 is 4.74 Å². The van der Waals surface area contributed by atoms with E-state index in [0.717, 1.165) is 25.4 Å². The van der Waals surface area contributed by atoms with Crippen molar-refractivity contribution in [1.29, 1.82) is 0 Å². The van der Waals surface area contributed by atoms with Gasteiger partial charge in [0, 0.05) is 31.4 Å². The number of nitrogens with zero attached hydrogens (tertiary/aromatic N) is 1. The summed E-state index contributed by atoms with van der Waals surface area (Å²) < 4.78 is 5.83. The summed E-state index contributed by atoms with van der Waals surface area (Å²) in [4.78, 5) is 2.44. The van der Waals surface area contributed by atoms with Crippen LogP contribution in [0, 0.1) is 0 Å². The number of rotatable bonds is 4. The van der Waals surface area contributed by atoms with Crippen LogP contribution in [0.1, 0.15) is 12.5 Å². The molecular formula is C18H22N2O. The molecule has 1 aliphatic rings. The molecule has 110 valence electrons. The van der Waals surface area contributed by atoms with Gasteiger partial charge < -0.3 is 15.0 Å². The number of ether oxygens (including phenoxy) is 1. The highest BCUT2D eigenvalue weighted by Gasteiger charge is 2.17. The van der Waals surface area contributed by atoms with Crippen LogP contribution in [0.5, 0.6) is 5.75 Å². The van der Waals surface area contributed by atoms with E-state index in [4.69, 9.17) is 4.74 Å². The predicted octanol–water partition coefficient (Wildman–Crippen LogP) is 3.06. The van der Waals surface area contributed by atoms with Crippen LogP contribution in [-0.2, 0) is 6.61 Å². The minimum atomic E-state index is 0.537. The molecule has 1 saturated heterocycles. The molecule has 0 unspecified atom stereocenters. The second kappa shape index (κ2) is 6.64. The standard InChI is InChI=1S/C18H22N2O/c1-15-13-19-11-12-20(15)17-7-9-18(10-8-17)21-14-16-5-3-2-4-6-16/h2-10,15,19H,11-14H2,1H3/t15-/m1/s1. The number of nitrogens with one attached hydrogen (secondary N) is 1. The van der Waals surface area contributed by atoms with Gasteiger partial charge in [-0.25, -0.2) is 0 Å². The third-order valence-electron chi connectivity index (χ3n) is 3.92. The predicted molar refractivity (Wildman–Crippen MR) is 86.9 cm³/mol. The third-order valence-corrected chi connectivity index (χ3v) is 3.92. The Balaban J connectivity index is 1.61. The molecule has 1 N–H and O–H groups in total. The molecule has 1 atom stereocenters. The minimum Gasteiger partial charge on any atom is -0.489 e. The summed E-state index contributed by atoms with van der Waals surface area (Å²) in [5.41, 5.74) is 2.47. The molecule has 0 amide bonds. The molecule has 1 fully saturated rings. The Hall–Kier alpha value is -2.00. The fourth-order valence-electron chi connectivity index (χ4n) is 2.70. The number of anilines is 1. The van der Waals surface area contributed by atoms with Crippen LogP contribution >= 0.6 is 0 Å². The van der Waals surface area contributed by atoms with Crippen LogP contribution in [0.25, 0.3) is 0 Å². The van der Waals surface area contributed by atoms with Crippen LogP contribution in [0.4, 0.5) is 5.69 Å². The van der Waals surface area contributed by atoms with E-state index in [1.807, 2.05) is 18.2 Å². The van der Waals surface area contributed by atoms with Gasteiger partial charge in [-0.1, -0.05) is 30.3 Å². The van der Waals surface area contributed by atoms with Crippen molar-refractivity contribution in [3.63, 3.8) is 0 Å². The first-order chi connectivity index (χ1) is 10.3. The summed E-state index contributed by atoms with van der Waals surface area (Å²) in [7, 11) is 0. The molecule has 3 rings (SSSR count). The Bertz CT molecular complexity index is 553. The lowest BCUT2D eigenvalue weighted by Crippen LogP contribution is -2.49. The highest BCUT2D eigenvalue weighted by Crippen LogP contribution is 2.22. The SMILES string of the molecule is C[C@@H]1CNCCN1c1ccc(OCc2ccccc2)cc1. The average molecular weight is 282 g/mol.